The van der Waals surface area contributed by atoms with Crippen molar-refractivity contribution < 1.29 is 31.1 Å². The van der Waals surface area contributed by atoms with E-state index in [0.29, 0.717) is 6.20 Å². The van der Waals surface area contributed by atoms with E-state index >= 15 is 0 Å². The van der Waals surface area contributed by atoms with Gasteiger partial charge in [0, 0.05) is 29.4 Å². The summed E-state index contributed by atoms with van der Waals surface area (Å²) in [6, 6.07) is 8.39. The first-order chi connectivity index (χ1) is 20.9. The lowest BCUT2D eigenvalue weighted by atomic mass is 9.61. The number of anilines is 1. The third kappa shape index (κ3) is 5.04. The molecule has 3 aliphatic rings. The number of halogens is 3. The summed E-state index contributed by atoms with van der Waals surface area (Å²) in [6.07, 6.45) is 1.73. The molecule has 0 aliphatic heterocycles. The van der Waals surface area contributed by atoms with Crippen LogP contribution in [0.15, 0.2) is 53.8 Å². The Bertz CT molecular complexity index is 1910. The largest absolute Gasteiger partial charge is 0.469 e. The molecule has 7 rings (SSSR count). The number of pyridine rings is 1. The number of benzene rings is 1. The number of fused-ring (bicyclic) bond motifs is 4. The van der Waals surface area contributed by atoms with Crippen LogP contribution in [0.4, 0.5) is 19.1 Å². The fraction of sp³-hybridized carbons (Fsp3) is 0.367. The number of esters is 1. The van der Waals surface area contributed by atoms with Crippen LogP contribution in [0.1, 0.15) is 42.4 Å². The fourth-order valence-electron chi connectivity index (χ4n) is 6.45. The van der Waals surface area contributed by atoms with Crippen LogP contribution in [0, 0.1) is 36.0 Å². The van der Waals surface area contributed by atoms with E-state index in [2.05, 4.69) is 20.3 Å². The van der Waals surface area contributed by atoms with Gasteiger partial charge in [0.1, 0.15) is 6.07 Å². The van der Waals surface area contributed by atoms with Gasteiger partial charge in [0.15, 0.2) is 5.65 Å². The minimum absolute atomic E-state index is 0.0488. The highest BCUT2D eigenvalue weighted by Crippen LogP contribution is 2.47. The molecule has 3 heterocycles. The smallest absolute Gasteiger partial charge is 0.417 e. The number of nitrogens with one attached hydrogen (secondary N) is 1. The van der Waals surface area contributed by atoms with Crippen LogP contribution in [0.2, 0.25) is 0 Å². The first-order valence-electron chi connectivity index (χ1n) is 13.9. The molecule has 228 valence electrons. The monoisotopic (exact) mass is 624 g/mol. The van der Waals surface area contributed by atoms with E-state index < -0.39 is 27.7 Å². The van der Waals surface area contributed by atoms with Crippen molar-refractivity contribution in [1.82, 2.24) is 18.9 Å². The Morgan fingerprint density at radius 1 is 1.09 bits per heavy atom. The number of alkyl halides is 3. The SMILES string of the molecule is COC(=O)C1C2CCC(CC2)C1Nc1ncc(C#N)c(-c2cn(S(=O)(=O)c3ccc(C)cc3)c3ncc(C(F)(F)F)cc23)n1. The maximum absolute atomic E-state index is 13.8. The second-order valence-corrected chi connectivity index (χ2v) is 13.0. The number of hydrogen-bond donors (Lipinski definition) is 1. The van der Waals surface area contributed by atoms with Gasteiger partial charge in [-0.25, -0.2) is 27.3 Å². The molecular formula is C30H27F3N6O4S. The lowest BCUT2D eigenvalue weighted by Gasteiger charge is -2.47. The van der Waals surface area contributed by atoms with Crippen LogP contribution in [0.25, 0.3) is 22.3 Å². The first-order valence-corrected chi connectivity index (χ1v) is 15.4. The molecule has 0 spiro atoms. The molecule has 1 N–H and O–H groups in total. The van der Waals surface area contributed by atoms with Gasteiger partial charge in [0.25, 0.3) is 10.0 Å². The standard InChI is InChI=1S/C30H27F3N6O4S/c1-16-3-9-21(10-4-16)44(41,42)39-15-23(22-11-20(30(31,32)33)14-35-27(22)39)25-19(12-34)13-36-29(37-25)38-26-18-7-5-17(6-8-18)24(26)28(40)43-2/h3-4,9-11,13-15,17-18,24,26H,5-8H2,1-2H3,(H,36,37,38). The number of rotatable bonds is 6. The summed E-state index contributed by atoms with van der Waals surface area (Å²) in [4.78, 5) is 25.3. The third-order valence-electron chi connectivity index (χ3n) is 8.67. The Kier molecular flexibility index (Phi) is 7.31. The van der Waals surface area contributed by atoms with Crippen LogP contribution >= 0.6 is 0 Å². The topological polar surface area (TPSA) is 140 Å². The molecule has 3 fully saturated rings. The molecule has 2 bridgehead atoms. The highest BCUT2D eigenvalue weighted by Gasteiger charge is 2.48. The quantitative estimate of drug-likeness (QED) is 0.282. The summed E-state index contributed by atoms with van der Waals surface area (Å²) in [6.45, 7) is 1.79. The first kappa shape index (κ1) is 29.6. The van der Waals surface area contributed by atoms with Crippen molar-refractivity contribution in [2.45, 2.75) is 49.7 Å². The van der Waals surface area contributed by atoms with Crippen LogP contribution in [-0.4, -0.2) is 46.5 Å². The molecule has 2 atom stereocenters. The van der Waals surface area contributed by atoms with Crippen molar-refractivity contribution in [3.05, 3.63) is 65.6 Å². The van der Waals surface area contributed by atoms with Gasteiger partial charge in [-0.05, 0) is 62.6 Å². The molecule has 2 unspecified atom stereocenters. The molecule has 14 heteroatoms. The lowest BCUT2D eigenvalue weighted by Crippen LogP contribution is -2.52. The summed E-state index contributed by atoms with van der Waals surface area (Å²) in [7, 11) is -2.98. The minimum atomic E-state index is -4.77. The van der Waals surface area contributed by atoms with E-state index in [4.69, 9.17) is 4.74 Å². The van der Waals surface area contributed by atoms with E-state index in [1.165, 1.54) is 25.4 Å². The molecule has 0 amide bonds. The second kappa shape index (κ2) is 10.9. The maximum atomic E-state index is 13.8. The number of carbonyl (C=O) groups is 1. The van der Waals surface area contributed by atoms with Gasteiger partial charge in [-0.1, -0.05) is 17.7 Å². The van der Waals surface area contributed by atoms with Crippen LogP contribution < -0.4 is 5.32 Å². The summed E-state index contributed by atoms with van der Waals surface area (Å²) in [5.41, 5.74) is -0.761. The number of carbonyl (C=O) groups excluding carboxylic acids is 1. The van der Waals surface area contributed by atoms with Gasteiger partial charge in [0.05, 0.1) is 40.9 Å². The number of hydrogen-bond acceptors (Lipinski definition) is 9. The van der Waals surface area contributed by atoms with Gasteiger partial charge in [-0.2, -0.15) is 18.4 Å². The Morgan fingerprint density at radius 3 is 2.41 bits per heavy atom. The number of aromatic nitrogens is 4. The van der Waals surface area contributed by atoms with Crippen LogP contribution in [0.5, 0.6) is 0 Å². The summed E-state index contributed by atoms with van der Waals surface area (Å²) >= 11 is 0. The van der Waals surface area contributed by atoms with Gasteiger partial charge >= 0.3 is 12.1 Å². The van der Waals surface area contributed by atoms with Crippen LogP contribution in [-0.2, 0) is 25.7 Å². The zero-order valence-corrected chi connectivity index (χ0v) is 24.5. The average Bonchev–Trinajstić information content (AvgIpc) is 3.41. The normalized spacial score (nSPS) is 21.6. The van der Waals surface area contributed by atoms with Crippen molar-refractivity contribution in [3.8, 4) is 17.3 Å². The Hall–Kier alpha value is -4.51. The van der Waals surface area contributed by atoms with E-state index in [0.717, 1.165) is 47.5 Å². The zero-order chi connectivity index (χ0) is 31.4. The number of nitrogens with zero attached hydrogens (tertiary/aromatic N) is 5. The van der Waals surface area contributed by atoms with E-state index in [9.17, 15) is 31.6 Å². The van der Waals surface area contributed by atoms with Gasteiger partial charge in [0.2, 0.25) is 5.95 Å². The molecule has 3 aromatic heterocycles. The zero-order valence-electron chi connectivity index (χ0n) is 23.7. The second-order valence-electron chi connectivity index (χ2n) is 11.2. The van der Waals surface area contributed by atoms with Gasteiger partial charge < -0.3 is 10.1 Å². The Morgan fingerprint density at radius 2 is 1.77 bits per heavy atom. The molecule has 10 nitrogen and oxygen atoms in total. The molecule has 0 saturated heterocycles. The third-order valence-corrected chi connectivity index (χ3v) is 10.3. The van der Waals surface area contributed by atoms with Crippen molar-refractivity contribution >= 4 is 33.0 Å². The average molecular weight is 625 g/mol. The fourth-order valence-corrected chi connectivity index (χ4v) is 7.77. The predicted molar refractivity (Wildman–Crippen MR) is 153 cm³/mol. The molecular weight excluding hydrogens is 597 g/mol. The number of aryl methyl sites for hydroxylation is 1. The van der Waals surface area contributed by atoms with Gasteiger partial charge in [-0.15, -0.1) is 0 Å². The van der Waals surface area contributed by atoms with E-state index in [1.807, 2.05) is 6.07 Å². The van der Waals surface area contributed by atoms with Crippen molar-refractivity contribution in [2.75, 3.05) is 12.4 Å². The van der Waals surface area contributed by atoms with Gasteiger partial charge in [-0.3, -0.25) is 4.79 Å². The summed E-state index contributed by atoms with van der Waals surface area (Å²) in [5.74, 6) is -0.463. The highest BCUT2D eigenvalue weighted by atomic mass is 32.2. The maximum Gasteiger partial charge on any atom is 0.417 e. The molecule has 4 aromatic rings. The molecule has 44 heavy (non-hydrogen) atoms. The molecule has 3 aliphatic carbocycles. The summed E-state index contributed by atoms with van der Waals surface area (Å²) < 4.78 is 74.6. The predicted octanol–water partition coefficient (Wildman–Crippen LogP) is 5.32. The number of methoxy groups -OCH3 is 1. The summed E-state index contributed by atoms with van der Waals surface area (Å²) in [5, 5.41) is 13.0. The highest BCUT2D eigenvalue weighted by molar-refractivity contribution is 7.90. The number of nitriles is 1. The van der Waals surface area contributed by atoms with Crippen LogP contribution in [0.3, 0.4) is 0 Å². The minimum Gasteiger partial charge on any atom is -0.469 e. The molecule has 0 radical (unpaired) electrons. The Labute approximate surface area is 251 Å². The molecule has 1 aromatic carbocycles. The lowest BCUT2D eigenvalue weighted by molar-refractivity contribution is -0.152. The van der Waals surface area contributed by atoms with E-state index in [-0.39, 0.29) is 62.5 Å². The van der Waals surface area contributed by atoms with Crippen molar-refractivity contribution in [2.24, 2.45) is 17.8 Å². The Balaban J connectivity index is 1.51. The number of ether oxygens (including phenoxy) is 1. The molecule has 3 saturated carbocycles. The van der Waals surface area contributed by atoms with E-state index in [1.54, 1.807) is 19.1 Å². The van der Waals surface area contributed by atoms with Crippen molar-refractivity contribution in [1.29, 1.82) is 5.26 Å². The van der Waals surface area contributed by atoms with Crippen molar-refractivity contribution in [3.63, 3.8) is 0 Å².